The summed E-state index contributed by atoms with van der Waals surface area (Å²) in [5.41, 5.74) is 8.44. The van der Waals surface area contributed by atoms with E-state index in [9.17, 15) is 10.1 Å². The molecule has 0 amide bonds. The van der Waals surface area contributed by atoms with E-state index in [0.29, 0.717) is 41.9 Å². The van der Waals surface area contributed by atoms with E-state index in [1.807, 2.05) is 60.7 Å². The van der Waals surface area contributed by atoms with E-state index in [2.05, 4.69) is 0 Å². The fourth-order valence-electron chi connectivity index (χ4n) is 3.17. The Morgan fingerprint density at radius 1 is 0.667 bits per heavy atom. The van der Waals surface area contributed by atoms with Crippen molar-refractivity contribution in [2.24, 2.45) is 0 Å². The molecular weight excluding hydrogens is 460 g/mol. The van der Waals surface area contributed by atoms with Gasteiger partial charge < -0.3 is 24.7 Å². The van der Waals surface area contributed by atoms with Gasteiger partial charge >= 0.3 is 0 Å². The average molecular weight is 489 g/mol. The molecule has 0 heterocycles. The monoisotopic (exact) mass is 488 g/mol. The summed E-state index contributed by atoms with van der Waals surface area (Å²) in [5, 5.41) is 10.7. The number of nitro benzene ring substituents is 1. The average Bonchev–Trinajstić information content (AvgIpc) is 2.92. The number of non-ortho nitro benzene ring substituents is 1. The summed E-state index contributed by atoms with van der Waals surface area (Å²) in [4.78, 5) is 10.3. The molecule has 186 valence electrons. The molecule has 0 aliphatic heterocycles. The zero-order valence-corrected chi connectivity index (χ0v) is 20.1. The third kappa shape index (κ3) is 7.66. The first-order valence-electron chi connectivity index (χ1n) is 11.1. The summed E-state index contributed by atoms with van der Waals surface area (Å²) in [6.07, 6.45) is 0. The van der Waals surface area contributed by atoms with E-state index >= 15 is 0 Å². The predicted molar refractivity (Wildman–Crippen MR) is 139 cm³/mol. The maximum Gasteiger partial charge on any atom is 0.273 e. The second-order valence-corrected chi connectivity index (χ2v) is 7.55. The molecule has 36 heavy (non-hydrogen) atoms. The number of hydrogen-bond donors (Lipinski definition) is 1. The fraction of sp³-hybridized carbons (Fsp3) is 0.143. The molecule has 0 radical (unpaired) electrons. The lowest BCUT2D eigenvalue weighted by Gasteiger charge is -2.11. The molecule has 0 saturated carbocycles. The molecule has 0 aromatic heterocycles. The molecule has 8 heteroatoms. The number of nitro groups is 1. The van der Waals surface area contributed by atoms with Crippen molar-refractivity contribution < 1.29 is 23.9 Å². The summed E-state index contributed by atoms with van der Waals surface area (Å²) in [6, 6.07) is 29.2. The number of methoxy groups -OCH3 is 2. The van der Waals surface area contributed by atoms with Gasteiger partial charge in [-0.25, -0.2) is 0 Å². The lowest BCUT2D eigenvalue weighted by atomic mass is 10.2. The predicted octanol–water partition coefficient (Wildman–Crippen LogP) is 6.04. The van der Waals surface area contributed by atoms with Crippen molar-refractivity contribution in [3.8, 4) is 23.0 Å². The highest BCUT2D eigenvalue weighted by atomic mass is 16.6. The van der Waals surface area contributed by atoms with Crippen LogP contribution >= 0.6 is 0 Å². The van der Waals surface area contributed by atoms with Crippen LogP contribution in [-0.2, 0) is 13.2 Å². The van der Waals surface area contributed by atoms with Crippen LogP contribution in [0.1, 0.15) is 11.1 Å². The Morgan fingerprint density at radius 2 is 1.14 bits per heavy atom. The van der Waals surface area contributed by atoms with E-state index in [1.165, 1.54) is 25.3 Å². The van der Waals surface area contributed by atoms with Crippen molar-refractivity contribution in [1.29, 1.82) is 0 Å². The number of benzene rings is 4. The van der Waals surface area contributed by atoms with Gasteiger partial charge in [0.1, 0.15) is 13.2 Å². The van der Waals surface area contributed by atoms with Crippen molar-refractivity contribution >= 4 is 11.4 Å². The molecule has 0 unspecified atom stereocenters. The number of nitrogen functional groups attached to an aromatic ring is 1. The van der Waals surface area contributed by atoms with Crippen molar-refractivity contribution in [2.45, 2.75) is 13.2 Å². The Balaban J connectivity index is 0.000000202. The van der Waals surface area contributed by atoms with E-state index in [4.69, 9.17) is 24.7 Å². The van der Waals surface area contributed by atoms with E-state index < -0.39 is 4.92 Å². The third-order valence-corrected chi connectivity index (χ3v) is 5.02. The lowest BCUT2D eigenvalue weighted by Crippen LogP contribution is -1.98. The van der Waals surface area contributed by atoms with Crippen molar-refractivity contribution in [3.63, 3.8) is 0 Å². The van der Waals surface area contributed by atoms with E-state index in [1.54, 1.807) is 25.3 Å². The Hall–Kier alpha value is -4.72. The molecule has 8 nitrogen and oxygen atoms in total. The van der Waals surface area contributed by atoms with Gasteiger partial charge in [-0.2, -0.15) is 0 Å². The number of hydrogen-bond acceptors (Lipinski definition) is 7. The van der Waals surface area contributed by atoms with Crippen LogP contribution in [-0.4, -0.2) is 19.1 Å². The molecule has 2 N–H and O–H groups in total. The Bertz CT molecular complexity index is 1250. The number of nitrogens with zero attached hydrogens (tertiary/aromatic N) is 1. The van der Waals surface area contributed by atoms with Crippen molar-refractivity contribution in [1.82, 2.24) is 0 Å². The Kier molecular flexibility index (Phi) is 9.52. The molecule has 0 saturated heterocycles. The summed E-state index contributed by atoms with van der Waals surface area (Å²) in [7, 11) is 3.11. The minimum atomic E-state index is -0.463. The fourth-order valence-corrected chi connectivity index (χ4v) is 3.17. The molecule has 0 aliphatic carbocycles. The van der Waals surface area contributed by atoms with Crippen LogP contribution in [0.25, 0.3) is 0 Å². The third-order valence-electron chi connectivity index (χ3n) is 5.02. The van der Waals surface area contributed by atoms with Gasteiger partial charge in [0, 0.05) is 17.8 Å². The largest absolute Gasteiger partial charge is 0.493 e. The minimum absolute atomic E-state index is 0.0242. The standard InChI is InChI=1S/C14H13NO4.C14H15NO2/c1-18-13-8-7-12(15(16)17)9-14(13)19-10-11-5-3-2-4-6-11;1-16-13-8-7-12(15)9-14(13)17-10-11-5-3-2-4-6-11/h2-9H,10H2,1H3;2-9H,10,15H2,1H3. The normalized spacial score (nSPS) is 9.94. The molecule has 0 bridgehead atoms. The van der Waals surface area contributed by atoms with E-state index in [0.717, 1.165) is 11.1 Å². The topological polar surface area (TPSA) is 106 Å². The van der Waals surface area contributed by atoms with Crippen LogP contribution < -0.4 is 24.7 Å². The second kappa shape index (κ2) is 13.2. The van der Waals surface area contributed by atoms with E-state index in [-0.39, 0.29) is 5.69 Å². The summed E-state index contributed by atoms with van der Waals surface area (Å²) >= 11 is 0. The van der Waals surface area contributed by atoms with Crippen molar-refractivity contribution in [3.05, 3.63) is 118 Å². The highest BCUT2D eigenvalue weighted by molar-refractivity contribution is 5.52. The lowest BCUT2D eigenvalue weighted by molar-refractivity contribution is -0.385. The quantitative estimate of drug-likeness (QED) is 0.174. The molecule has 4 aromatic carbocycles. The summed E-state index contributed by atoms with van der Waals surface area (Å²) in [6.45, 7) is 0.832. The molecule has 0 atom stereocenters. The Morgan fingerprint density at radius 3 is 1.61 bits per heavy atom. The molecule has 0 fully saturated rings. The van der Waals surface area contributed by atoms with Gasteiger partial charge in [-0.05, 0) is 29.3 Å². The van der Waals surface area contributed by atoms with Gasteiger partial charge in [-0.1, -0.05) is 60.7 Å². The van der Waals surface area contributed by atoms with Crippen LogP contribution in [0, 0.1) is 10.1 Å². The molecule has 4 rings (SSSR count). The second-order valence-electron chi connectivity index (χ2n) is 7.55. The molecule has 4 aromatic rings. The van der Waals surface area contributed by atoms with Crippen LogP contribution in [0.5, 0.6) is 23.0 Å². The zero-order chi connectivity index (χ0) is 25.8. The van der Waals surface area contributed by atoms with Crippen LogP contribution in [0.15, 0.2) is 97.1 Å². The molecule has 0 spiro atoms. The highest BCUT2D eigenvalue weighted by Gasteiger charge is 2.12. The molecular formula is C28H28N2O6. The minimum Gasteiger partial charge on any atom is -0.493 e. The van der Waals surface area contributed by atoms with Crippen LogP contribution in [0.4, 0.5) is 11.4 Å². The van der Waals surface area contributed by atoms with Gasteiger partial charge in [0.2, 0.25) is 0 Å². The maximum absolute atomic E-state index is 10.7. The maximum atomic E-state index is 10.7. The summed E-state index contributed by atoms with van der Waals surface area (Å²) in [5.74, 6) is 2.19. The first-order chi connectivity index (χ1) is 17.5. The van der Waals surface area contributed by atoms with Gasteiger partial charge in [0.15, 0.2) is 23.0 Å². The van der Waals surface area contributed by atoms with Crippen molar-refractivity contribution in [2.75, 3.05) is 20.0 Å². The van der Waals surface area contributed by atoms with Gasteiger partial charge in [-0.15, -0.1) is 0 Å². The first-order valence-corrected chi connectivity index (χ1v) is 11.1. The summed E-state index contributed by atoms with van der Waals surface area (Å²) < 4.78 is 21.6. The van der Waals surface area contributed by atoms with Gasteiger partial charge in [0.25, 0.3) is 5.69 Å². The highest BCUT2D eigenvalue weighted by Crippen LogP contribution is 2.32. The van der Waals surface area contributed by atoms with Crippen LogP contribution in [0.3, 0.4) is 0 Å². The number of nitrogens with two attached hydrogens (primary N) is 1. The smallest absolute Gasteiger partial charge is 0.273 e. The number of rotatable bonds is 9. The van der Waals surface area contributed by atoms with Gasteiger partial charge in [0.05, 0.1) is 25.2 Å². The van der Waals surface area contributed by atoms with Crippen LogP contribution in [0.2, 0.25) is 0 Å². The number of ether oxygens (including phenoxy) is 4. The number of anilines is 1. The Labute approximate surface area is 210 Å². The molecule has 0 aliphatic rings. The first kappa shape index (κ1) is 25.9. The zero-order valence-electron chi connectivity index (χ0n) is 20.1. The SMILES string of the molecule is COc1ccc(N)cc1OCc1ccccc1.COc1ccc([N+](=O)[O-])cc1OCc1ccccc1. The van der Waals surface area contributed by atoms with Gasteiger partial charge in [-0.3, -0.25) is 10.1 Å².